The number of carbonyl (C=O) groups is 4. The van der Waals surface area contributed by atoms with Gasteiger partial charge in [-0.25, -0.2) is 9.78 Å². The zero-order valence-corrected chi connectivity index (χ0v) is 36.1. The zero-order valence-electron chi connectivity index (χ0n) is 34.5. The SMILES string of the molecule is CO/N=C(\C(=O)N[C@@H]1C(=O)N2C(C(=O)OCc3ccc(OC)cc3)=C(/C=C\c3cc(CC(N)=O)no3)CS[C@H]12)c1csc(NC(c2ccccc2)(c2ccccc2)c2ccccc2)n1. The van der Waals surface area contributed by atoms with Crippen molar-refractivity contribution >= 4 is 63.7 Å². The summed E-state index contributed by atoms with van der Waals surface area (Å²) in [6, 6.07) is 37.6. The average molecular weight is 896 g/mol. The number of ether oxygens (including phenoxy) is 2. The number of hydrogen-bond donors (Lipinski definition) is 3. The third-order valence-electron chi connectivity index (χ3n) is 10.4. The maximum atomic E-state index is 14.1. The molecule has 2 aliphatic heterocycles. The van der Waals surface area contributed by atoms with Crippen molar-refractivity contribution in [3.63, 3.8) is 0 Å². The number of primary amides is 1. The molecule has 4 N–H and O–H groups in total. The Kier molecular flexibility index (Phi) is 13.0. The van der Waals surface area contributed by atoms with Crippen LogP contribution in [0.5, 0.6) is 5.75 Å². The van der Waals surface area contributed by atoms with Gasteiger partial charge in [0.2, 0.25) is 5.91 Å². The summed E-state index contributed by atoms with van der Waals surface area (Å²) in [4.78, 5) is 64.7. The molecule has 64 heavy (non-hydrogen) atoms. The Balaban J connectivity index is 1.04. The summed E-state index contributed by atoms with van der Waals surface area (Å²) in [5.74, 6) is -1.34. The summed E-state index contributed by atoms with van der Waals surface area (Å²) in [6.45, 7) is -0.0770. The first-order valence-corrected chi connectivity index (χ1v) is 21.8. The lowest BCUT2D eigenvalue weighted by molar-refractivity contribution is -0.153. The molecule has 0 aliphatic carbocycles. The maximum Gasteiger partial charge on any atom is 0.355 e. The Labute approximate surface area is 376 Å². The molecule has 4 heterocycles. The van der Waals surface area contributed by atoms with E-state index >= 15 is 0 Å². The normalized spacial score (nSPS) is 16.2. The van der Waals surface area contributed by atoms with Gasteiger partial charge in [0.15, 0.2) is 16.6 Å². The molecule has 0 unspecified atom stereocenters. The minimum atomic E-state index is -1.03. The summed E-state index contributed by atoms with van der Waals surface area (Å²) < 4.78 is 16.3. The molecule has 0 spiro atoms. The fourth-order valence-corrected chi connectivity index (χ4v) is 9.51. The van der Waals surface area contributed by atoms with E-state index in [0.717, 1.165) is 16.7 Å². The molecule has 8 rings (SSSR count). The first-order chi connectivity index (χ1) is 31.2. The number of hydrogen-bond acceptors (Lipinski definition) is 14. The van der Waals surface area contributed by atoms with Crippen LogP contribution in [0.25, 0.3) is 6.08 Å². The number of thioether (sulfide) groups is 1. The van der Waals surface area contributed by atoms with E-state index in [0.29, 0.717) is 33.5 Å². The summed E-state index contributed by atoms with van der Waals surface area (Å²) >= 11 is 2.63. The standard InChI is InChI=1S/C47H41N7O8S2/c1-59-35-21-18-29(19-22-35)26-61-45(58)41-30(20-23-36-24-34(52-62-36)25-38(48)55)27-63-44-40(43(57)54(41)44)50-42(56)39(53-60-2)37-28-64-46(49-37)51-47(31-12-6-3-7-13-31,32-14-8-4-9-15-32)33-16-10-5-11-17-33/h3-24,28,40,44H,25-27H2,1-2H3,(H2,48,55)(H,49,51)(H,50,56)/b23-20-,53-39-/t40-,44-/m1/s1. The summed E-state index contributed by atoms with van der Waals surface area (Å²) in [6.07, 6.45) is 3.09. The van der Waals surface area contributed by atoms with E-state index in [-0.39, 0.29) is 35.9 Å². The number of thiazole rings is 1. The number of carbonyl (C=O) groups excluding carboxylic acids is 4. The van der Waals surface area contributed by atoms with Crippen molar-refractivity contribution in [1.29, 1.82) is 0 Å². The van der Waals surface area contributed by atoms with Gasteiger partial charge in [-0.05, 0) is 46.0 Å². The van der Waals surface area contributed by atoms with Crippen molar-refractivity contribution in [2.24, 2.45) is 10.9 Å². The number of fused-ring (bicyclic) bond motifs is 1. The van der Waals surface area contributed by atoms with Gasteiger partial charge in [-0.2, -0.15) is 0 Å². The van der Waals surface area contributed by atoms with Crippen molar-refractivity contribution in [3.05, 3.63) is 183 Å². The Morgan fingerprint density at radius 2 is 1.56 bits per heavy atom. The van der Waals surface area contributed by atoms with Crippen LogP contribution in [0.4, 0.5) is 5.13 Å². The summed E-state index contributed by atoms with van der Waals surface area (Å²) in [7, 11) is 2.87. The smallest absolute Gasteiger partial charge is 0.355 e. The molecule has 2 atom stereocenters. The lowest BCUT2D eigenvalue weighted by Crippen LogP contribution is -2.71. The van der Waals surface area contributed by atoms with Crippen LogP contribution in [-0.4, -0.2) is 75.8 Å². The van der Waals surface area contributed by atoms with E-state index < -0.39 is 40.6 Å². The predicted molar refractivity (Wildman–Crippen MR) is 242 cm³/mol. The van der Waals surface area contributed by atoms with Crippen LogP contribution in [0.2, 0.25) is 0 Å². The number of aromatic nitrogens is 2. The third-order valence-corrected chi connectivity index (χ3v) is 12.5. The van der Waals surface area contributed by atoms with Crippen molar-refractivity contribution in [2.75, 3.05) is 25.3 Å². The Hall–Kier alpha value is -7.50. The van der Waals surface area contributed by atoms with Gasteiger partial charge in [0.1, 0.15) is 47.8 Å². The number of anilines is 1. The number of β-lactam (4-membered cyclic amide) rings is 1. The van der Waals surface area contributed by atoms with Crippen LogP contribution in [0.1, 0.15) is 39.4 Å². The van der Waals surface area contributed by atoms with Crippen molar-refractivity contribution in [2.45, 2.75) is 30.0 Å². The van der Waals surface area contributed by atoms with Crippen LogP contribution in [-0.2, 0) is 47.3 Å². The topological polar surface area (TPSA) is 201 Å². The second kappa shape index (κ2) is 19.3. The summed E-state index contributed by atoms with van der Waals surface area (Å²) in [5.41, 5.74) is 8.92. The molecule has 1 fully saturated rings. The maximum absolute atomic E-state index is 14.1. The minimum absolute atomic E-state index is 0.0145. The van der Waals surface area contributed by atoms with Gasteiger partial charge >= 0.3 is 5.97 Å². The van der Waals surface area contributed by atoms with Gasteiger partial charge in [0.25, 0.3) is 11.8 Å². The van der Waals surface area contributed by atoms with Gasteiger partial charge in [-0.1, -0.05) is 120 Å². The highest BCUT2D eigenvalue weighted by atomic mass is 32.2. The van der Waals surface area contributed by atoms with E-state index in [1.807, 2.05) is 54.6 Å². The van der Waals surface area contributed by atoms with Gasteiger partial charge in [-0.15, -0.1) is 23.1 Å². The molecule has 2 aromatic heterocycles. The summed E-state index contributed by atoms with van der Waals surface area (Å²) in [5, 5.41) is 16.0. The average Bonchev–Trinajstić information content (AvgIpc) is 3.99. The number of oxime groups is 1. The minimum Gasteiger partial charge on any atom is -0.497 e. The predicted octanol–water partition coefficient (Wildman–Crippen LogP) is 6.03. The number of rotatable bonds is 17. The molecule has 0 saturated carbocycles. The lowest BCUT2D eigenvalue weighted by atomic mass is 9.77. The highest BCUT2D eigenvalue weighted by Crippen LogP contribution is 2.43. The van der Waals surface area contributed by atoms with Gasteiger partial charge in [0.05, 0.1) is 19.2 Å². The number of methoxy groups -OCH3 is 1. The van der Waals surface area contributed by atoms with Gasteiger partial charge < -0.3 is 35.2 Å². The number of nitrogens with one attached hydrogen (secondary N) is 2. The van der Waals surface area contributed by atoms with Crippen molar-refractivity contribution in [3.8, 4) is 5.75 Å². The molecule has 17 heteroatoms. The number of amides is 3. The van der Waals surface area contributed by atoms with E-state index in [1.54, 1.807) is 55.0 Å². The van der Waals surface area contributed by atoms with Crippen molar-refractivity contribution < 1.29 is 38.0 Å². The van der Waals surface area contributed by atoms with E-state index in [9.17, 15) is 19.2 Å². The monoisotopic (exact) mass is 895 g/mol. The van der Waals surface area contributed by atoms with Crippen LogP contribution < -0.4 is 21.1 Å². The molecule has 0 radical (unpaired) electrons. The van der Waals surface area contributed by atoms with E-state index in [2.05, 4.69) is 57.3 Å². The number of benzene rings is 4. The molecule has 3 amide bonds. The Bertz CT molecular complexity index is 2640. The van der Waals surface area contributed by atoms with E-state index in [4.69, 9.17) is 29.6 Å². The number of esters is 1. The molecule has 2 aliphatic rings. The first kappa shape index (κ1) is 43.2. The van der Waals surface area contributed by atoms with Crippen LogP contribution in [0.15, 0.2) is 154 Å². The van der Waals surface area contributed by atoms with Gasteiger partial charge in [0, 0.05) is 17.2 Å². The Morgan fingerprint density at radius 3 is 2.16 bits per heavy atom. The molecule has 15 nitrogen and oxygen atoms in total. The van der Waals surface area contributed by atoms with Crippen LogP contribution >= 0.6 is 23.1 Å². The number of nitrogens with two attached hydrogens (primary N) is 1. The second-order valence-corrected chi connectivity index (χ2v) is 16.5. The lowest BCUT2D eigenvalue weighted by Gasteiger charge is -2.49. The molecule has 0 bridgehead atoms. The molecular formula is C47H41N7O8S2. The fraction of sp³-hybridized carbons (Fsp3) is 0.170. The van der Waals surface area contributed by atoms with Crippen molar-refractivity contribution in [1.82, 2.24) is 20.4 Å². The van der Waals surface area contributed by atoms with Crippen LogP contribution in [0.3, 0.4) is 0 Å². The molecular weight excluding hydrogens is 855 g/mol. The molecule has 1 saturated heterocycles. The Morgan fingerprint density at radius 1 is 0.922 bits per heavy atom. The largest absolute Gasteiger partial charge is 0.497 e. The number of nitrogens with zero attached hydrogens (tertiary/aromatic N) is 4. The third kappa shape index (κ3) is 9.02. The molecule has 6 aromatic rings. The quantitative estimate of drug-likeness (QED) is 0.0316. The zero-order chi connectivity index (χ0) is 44.6. The molecule has 4 aromatic carbocycles. The highest BCUT2D eigenvalue weighted by molar-refractivity contribution is 8.00. The van der Waals surface area contributed by atoms with Gasteiger partial charge in [-0.3, -0.25) is 19.3 Å². The molecule has 324 valence electrons. The fourth-order valence-electron chi connectivity index (χ4n) is 7.44. The van der Waals surface area contributed by atoms with E-state index in [1.165, 1.54) is 35.1 Å². The highest BCUT2D eigenvalue weighted by Gasteiger charge is 2.54. The van der Waals surface area contributed by atoms with Crippen LogP contribution in [0, 0.1) is 0 Å². The number of allylic oxidation sites excluding steroid dienone is 1. The second-order valence-electron chi connectivity index (χ2n) is 14.5. The first-order valence-electron chi connectivity index (χ1n) is 19.9.